The Morgan fingerprint density at radius 2 is 1.19 bits per heavy atom. The number of unbranched alkanes of at least 4 members (excludes halogenated alkanes) is 13. The number of aliphatic carboxylic acids is 1. The molecule has 160 valence electrons. The number of nitrogens with one attached hydrogen (secondary N) is 1. The van der Waals surface area contributed by atoms with Gasteiger partial charge in [0, 0.05) is 24.6 Å². The quantitative estimate of drug-likeness (QED) is 0.244. The van der Waals surface area contributed by atoms with Crippen molar-refractivity contribution in [3.05, 3.63) is 0 Å². The third kappa shape index (κ3) is 19.8. The van der Waals surface area contributed by atoms with Gasteiger partial charge in [-0.15, -0.1) is 0 Å². The van der Waals surface area contributed by atoms with Gasteiger partial charge in [-0.3, -0.25) is 9.59 Å². The second kappa shape index (κ2) is 20.0. The Hall–Kier alpha value is -0.710. The fourth-order valence-corrected chi connectivity index (χ4v) is 3.89. The first-order chi connectivity index (χ1) is 13.1. The standard InChI is InChI=1S/C22H43NO3S/c1-20(19-27-2)22(26)23-18-16-14-12-10-8-6-4-3-5-7-9-11-13-15-17-21(24)25/h20H,3-19H2,1-2H3,(H,23,26)(H,24,25). The van der Waals surface area contributed by atoms with Gasteiger partial charge in [0.15, 0.2) is 0 Å². The van der Waals surface area contributed by atoms with E-state index >= 15 is 0 Å². The first-order valence-corrected chi connectivity index (χ1v) is 12.5. The van der Waals surface area contributed by atoms with Crippen LogP contribution in [0, 0.1) is 5.92 Å². The van der Waals surface area contributed by atoms with Crippen LogP contribution in [-0.2, 0) is 9.59 Å². The minimum absolute atomic E-state index is 0.122. The number of amides is 1. The van der Waals surface area contributed by atoms with E-state index in [1.807, 2.05) is 13.2 Å². The Bertz CT molecular complexity index is 363. The average Bonchev–Trinajstić information content (AvgIpc) is 2.64. The summed E-state index contributed by atoms with van der Waals surface area (Å²) in [5.41, 5.74) is 0. The Kier molecular flexibility index (Phi) is 19.5. The molecule has 0 aromatic carbocycles. The summed E-state index contributed by atoms with van der Waals surface area (Å²) in [6, 6.07) is 0. The number of carboxylic acid groups (broad SMARTS) is 1. The van der Waals surface area contributed by atoms with E-state index in [2.05, 4.69) is 5.32 Å². The van der Waals surface area contributed by atoms with Crippen LogP contribution in [0.25, 0.3) is 0 Å². The molecule has 5 heteroatoms. The van der Waals surface area contributed by atoms with Crippen LogP contribution in [0.3, 0.4) is 0 Å². The molecule has 0 radical (unpaired) electrons. The van der Waals surface area contributed by atoms with E-state index in [1.165, 1.54) is 70.6 Å². The Morgan fingerprint density at radius 1 is 0.778 bits per heavy atom. The second-order valence-electron chi connectivity index (χ2n) is 7.74. The number of rotatable bonds is 20. The predicted molar refractivity (Wildman–Crippen MR) is 117 cm³/mol. The van der Waals surface area contributed by atoms with Crippen molar-refractivity contribution in [1.29, 1.82) is 0 Å². The molecule has 0 aliphatic rings. The molecule has 0 fully saturated rings. The van der Waals surface area contributed by atoms with E-state index in [9.17, 15) is 9.59 Å². The van der Waals surface area contributed by atoms with Gasteiger partial charge < -0.3 is 10.4 Å². The fraction of sp³-hybridized carbons (Fsp3) is 0.909. The van der Waals surface area contributed by atoms with Gasteiger partial charge in [-0.2, -0.15) is 11.8 Å². The van der Waals surface area contributed by atoms with Gasteiger partial charge in [0.2, 0.25) is 5.91 Å². The fourth-order valence-electron chi connectivity index (χ4n) is 3.23. The molecule has 0 bridgehead atoms. The number of carbonyl (C=O) groups excluding carboxylic acids is 1. The minimum Gasteiger partial charge on any atom is -0.481 e. The number of hydrogen-bond acceptors (Lipinski definition) is 3. The van der Waals surface area contributed by atoms with Crippen molar-refractivity contribution in [3.63, 3.8) is 0 Å². The smallest absolute Gasteiger partial charge is 0.303 e. The van der Waals surface area contributed by atoms with Gasteiger partial charge in [-0.1, -0.05) is 84.0 Å². The van der Waals surface area contributed by atoms with Crippen molar-refractivity contribution in [2.45, 2.75) is 103 Å². The summed E-state index contributed by atoms with van der Waals surface area (Å²) in [7, 11) is 0. The molecule has 0 heterocycles. The van der Waals surface area contributed by atoms with Crippen LogP contribution < -0.4 is 5.32 Å². The molecule has 0 rings (SSSR count). The van der Waals surface area contributed by atoms with Crippen molar-refractivity contribution >= 4 is 23.6 Å². The van der Waals surface area contributed by atoms with Gasteiger partial charge in [-0.25, -0.2) is 0 Å². The van der Waals surface area contributed by atoms with Crippen LogP contribution in [0.1, 0.15) is 103 Å². The zero-order valence-corrected chi connectivity index (χ0v) is 18.6. The Labute approximate surface area is 171 Å². The lowest BCUT2D eigenvalue weighted by atomic mass is 10.0. The summed E-state index contributed by atoms with van der Waals surface area (Å²) in [6.07, 6.45) is 19.6. The van der Waals surface area contributed by atoms with Crippen molar-refractivity contribution < 1.29 is 14.7 Å². The number of carboxylic acids is 1. The normalized spacial score (nSPS) is 12.1. The van der Waals surface area contributed by atoms with E-state index < -0.39 is 5.97 Å². The van der Waals surface area contributed by atoms with Crippen LogP contribution in [0.2, 0.25) is 0 Å². The van der Waals surface area contributed by atoms with E-state index in [1.54, 1.807) is 11.8 Å². The molecule has 0 aliphatic heterocycles. The zero-order valence-electron chi connectivity index (χ0n) is 17.8. The van der Waals surface area contributed by atoms with Crippen LogP contribution in [0.15, 0.2) is 0 Å². The average molecular weight is 402 g/mol. The number of thioether (sulfide) groups is 1. The monoisotopic (exact) mass is 401 g/mol. The third-order valence-corrected chi connectivity index (χ3v) is 5.81. The molecule has 0 spiro atoms. The Morgan fingerprint density at radius 3 is 1.59 bits per heavy atom. The van der Waals surface area contributed by atoms with Gasteiger partial charge >= 0.3 is 5.97 Å². The SMILES string of the molecule is CSCC(C)C(=O)NCCCCCCCCCCCCCCCCC(=O)O. The molecule has 0 aromatic rings. The van der Waals surface area contributed by atoms with Crippen LogP contribution >= 0.6 is 11.8 Å². The first-order valence-electron chi connectivity index (χ1n) is 11.1. The summed E-state index contributed by atoms with van der Waals surface area (Å²) >= 11 is 1.72. The lowest BCUT2D eigenvalue weighted by molar-refractivity contribution is -0.137. The molecule has 1 atom stereocenters. The van der Waals surface area contributed by atoms with Crippen molar-refractivity contribution in [1.82, 2.24) is 5.32 Å². The highest BCUT2D eigenvalue weighted by molar-refractivity contribution is 7.98. The molecule has 0 saturated carbocycles. The third-order valence-electron chi connectivity index (χ3n) is 4.98. The number of hydrogen-bond donors (Lipinski definition) is 2. The Balaban J connectivity index is 3.15. The van der Waals surface area contributed by atoms with Crippen LogP contribution in [0.4, 0.5) is 0 Å². The highest BCUT2D eigenvalue weighted by Crippen LogP contribution is 2.13. The minimum atomic E-state index is -0.668. The van der Waals surface area contributed by atoms with Crippen LogP contribution in [0.5, 0.6) is 0 Å². The van der Waals surface area contributed by atoms with Gasteiger partial charge in [0.05, 0.1) is 0 Å². The van der Waals surface area contributed by atoms with Crippen molar-refractivity contribution in [3.8, 4) is 0 Å². The maximum atomic E-state index is 11.8. The predicted octanol–water partition coefficient (Wildman–Crippen LogP) is 6.04. The molecule has 2 N–H and O–H groups in total. The van der Waals surface area contributed by atoms with Gasteiger partial charge in [-0.05, 0) is 19.1 Å². The first kappa shape index (κ1) is 26.3. The largest absolute Gasteiger partial charge is 0.481 e. The second-order valence-corrected chi connectivity index (χ2v) is 8.65. The van der Waals surface area contributed by atoms with Crippen molar-refractivity contribution in [2.24, 2.45) is 5.92 Å². The lowest BCUT2D eigenvalue weighted by Gasteiger charge is -2.10. The highest BCUT2D eigenvalue weighted by atomic mass is 32.2. The van der Waals surface area contributed by atoms with Gasteiger partial charge in [0.25, 0.3) is 0 Å². The summed E-state index contributed by atoms with van der Waals surface area (Å²) in [4.78, 5) is 22.2. The molecule has 0 saturated heterocycles. The molecule has 0 aliphatic carbocycles. The van der Waals surface area contributed by atoms with E-state index in [0.29, 0.717) is 6.42 Å². The summed E-state index contributed by atoms with van der Waals surface area (Å²) < 4.78 is 0. The zero-order chi connectivity index (χ0) is 20.2. The summed E-state index contributed by atoms with van der Waals surface area (Å²) in [5.74, 6) is 0.554. The molecular formula is C22H43NO3S. The maximum absolute atomic E-state index is 11.8. The summed E-state index contributed by atoms with van der Waals surface area (Å²) in [5, 5.41) is 11.6. The maximum Gasteiger partial charge on any atom is 0.303 e. The van der Waals surface area contributed by atoms with Crippen molar-refractivity contribution in [2.75, 3.05) is 18.6 Å². The van der Waals surface area contributed by atoms with E-state index in [0.717, 1.165) is 31.6 Å². The topological polar surface area (TPSA) is 66.4 Å². The molecular weight excluding hydrogens is 358 g/mol. The summed E-state index contributed by atoms with van der Waals surface area (Å²) in [6.45, 7) is 2.82. The highest BCUT2D eigenvalue weighted by Gasteiger charge is 2.10. The molecule has 27 heavy (non-hydrogen) atoms. The van der Waals surface area contributed by atoms with Gasteiger partial charge in [0.1, 0.15) is 0 Å². The molecule has 0 aromatic heterocycles. The molecule has 1 amide bonds. The molecule has 4 nitrogen and oxygen atoms in total. The number of carbonyl (C=O) groups is 2. The van der Waals surface area contributed by atoms with E-state index in [-0.39, 0.29) is 11.8 Å². The lowest BCUT2D eigenvalue weighted by Crippen LogP contribution is -2.31. The van der Waals surface area contributed by atoms with Crippen LogP contribution in [-0.4, -0.2) is 35.5 Å². The molecule has 1 unspecified atom stereocenters. The van der Waals surface area contributed by atoms with E-state index in [4.69, 9.17) is 5.11 Å².